The molecule has 0 aliphatic carbocycles. The molecule has 0 atom stereocenters. The zero-order valence-electron chi connectivity index (χ0n) is 16.2. The van der Waals surface area contributed by atoms with Crippen LogP contribution in [0.1, 0.15) is 23.6 Å². The number of aromatic nitrogens is 3. The standard InChI is InChI=1S/C21H23FN4OS/c1-4-26-20(17-7-5-6-14(2)10-17)24-25-21(26)28-13-19(27)23-12-16-9-8-15(3)18(22)11-16/h5-11H,4,12-13H2,1-3H3,(H,23,27). The van der Waals surface area contributed by atoms with Crippen LogP contribution in [0.4, 0.5) is 4.39 Å². The monoisotopic (exact) mass is 398 g/mol. The molecule has 1 heterocycles. The Balaban J connectivity index is 1.61. The quantitative estimate of drug-likeness (QED) is 0.608. The third kappa shape index (κ3) is 4.78. The molecule has 0 bridgehead atoms. The maximum atomic E-state index is 13.6. The number of hydrogen-bond donors (Lipinski definition) is 1. The first-order valence-corrected chi connectivity index (χ1v) is 10.1. The number of carbonyl (C=O) groups excluding carboxylic acids is 1. The van der Waals surface area contributed by atoms with E-state index in [1.807, 2.05) is 42.7 Å². The van der Waals surface area contributed by atoms with Gasteiger partial charge in [0.1, 0.15) is 5.82 Å². The Morgan fingerprint density at radius 2 is 2.00 bits per heavy atom. The molecule has 3 aromatic rings. The maximum absolute atomic E-state index is 13.6. The first-order valence-electron chi connectivity index (χ1n) is 9.12. The number of aryl methyl sites for hydroxylation is 2. The van der Waals surface area contributed by atoms with E-state index in [0.717, 1.165) is 22.5 Å². The molecule has 0 radical (unpaired) electrons. The molecule has 5 nitrogen and oxygen atoms in total. The third-order valence-corrected chi connectivity index (χ3v) is 5.33. The predicted molar refractivity (Wildman–Crippen MR) is 110 cm³/mol. The van der Waals surface area contributed by atoms with Crippen LogP contribution >= 0.6 is 11.8 Å². The summed E-state index contributed by atoms with van der Waals surface area (Å²) in [4.78, 5) is 12.2. The number of carbonyl (C=O) groups is 1. The van der Waals surface area contributed by atoms with Crippen LogP contribution in [0.2, 0.25) is 0 Å². The fourth-order valence-corrected chi connectivity index (χ4v) is 3.64. The second kappa shape index (κ2) is 9.01. The van der Waals surface area contributed by atoms with E-state index in [0.29, 0.717) is 23.8 Å². The molecule has 0 saturated carbocycles. The Hall–Kier alpha value is -2.67. The van der Waals surface area contributed by atoms with E-state index in [-0.39, 0.29) is 17.5 Å². The second-order valence-electron chi connectivity index (χ2n) is 6.57. The maximum Gasteiger partial charge on any atom is 0.230 e. The van der Waals surface area contributed by atoms with E-state index >= 15 is 0 Å². The molecule has 0 aliphatic heterocycles. The highest BCUT2D eigenvalue weighted by Crippen LogP contribution is 2.24. The van der Waals surface area contributed by atoms with E-state index in [1.54, 1.807) is 13.0 Å². The Morgan fingerprint density at radius 3 is 2.71 bits per heavy atom. The van der Waals surface area contributed by atoms with E-state index in [9.17, 15) is 9.18 Å². The minimum atomic E-state index is -0.263. The number of nitrogens with one attached hydrogen (secondary N) is 1. The van der Waals surface area contributed by atoms with Crippen molar-refractivity contribution in [3.8, 4) is 11.4 Å². The zero-order chi connectivity index (χ0) is 20.1. The summed E-state index contributed by atoms with van der Waals surface area (Å²) in [5.74, 6) is 0.624. The van der Waals surface area contributed by atoms with Crippen LogP contribution < -0.4 is 5.32 Å². The molecular formula is C21H23FN4OS. The molecule has 0 fully saturated rings. The average Bonchev–Trinajstić information content (AvgIpc) is 3.10. The highest BCUT2D eigenvalue weighted by Gasteiger charge is 2.14. The van der Waals surface area contributed by atoms with Crippen molar-refractivity contribution < 1.29 is 9.18 Å². The molecule has 0 saturated heterocycles. The second-order valence-corrected chi connectivity index (χ2v) is 7.51. The van der Waals surface area contributed by atoms with Crippen molar-refractivity contribution in [1.82, 2.24) is 20.1 Å². The molecule has 1 amide bonds. The van der Waals surface area contributed by atoms with E-state index in [2.05, 4.69) is 21.6 Å². The minimum Gasteiger partial charge on any atom is -0.351 e. The van der Waals surface area contributed by atoms with Gasteiger partial charge in [-0.2, -0.15) is 0 Å². The van der Waals surface area contributed by atoms with Gasteiger partial charge in [-0.15, -0.1) is 10.2 Å². The number of hydrogen-bond acceptors (Lipinski definition) is 4. The van der Waals surface area contributed by atoms with Gasteiger partial charge in [-0.3, -0.25) is 4.79 Å². The first kappa shape index (κ1) is 20.1. The number of halogens is 1. The molecule has 28 heavy (non-hydrogen) atoms. The van der Waals surface area contributed by atoms with Crippen molar-refractivity contribution in [3.05, 3.63) is 65.0 Å². The van der Waals surface area contributed by atoms with Crippen LogP contribution in [-0.2, 0) is 17.9 Å². The van der Waals surface area contributed by atoms with Crippen molar-refractivity contribution in [1.29, 1.82) is 0 Å². The Bertz CT molecular complexity index is 986. The van der Waals surface area contributed by atoms with Gasteiger partial charge in [-0.25, -0.2) is 4.39 Å². The predicted octanol–water partition coefficient (Wildman–Crippen LogP) is 4.13. The molecular weight excluding hydrogens is 375 g/mol. The largest absolute Gasteiger partial charge is 0.351 e. The van der Waals surface area contributed by atoms with Gasteiger partial charge in [0.25, 0.3) is 0 Å². The highest BCUT2D eigenvalue weighted by molar-refractivity contribution is 7.99. The summed E-state index contributed by atoms with van der Waals surface area (Å²) in [5, 5.41) is 12.1. The summed E-state index contributed by atoms with van der Waals surface area (Å²) in [6.45, 7) is 6.78. The first-order chi connectivity index (χ1) is 13.5. The van der Waals surface area contributed by atoms with Gasteiger partial charge in [0, 0.05) is 18.7 Å². The molecule has 7 heteroatoms. The van der Waals surface area contributed by atoms with Crippen molar-refractivity contribution in [2.75, 3.05) is 5.75 Å². The normalized spacial score (nSPS) is 10.9. The third-order valence-electron chi connectivity index (χ3n) is 4.37. The molecule has 1 N–H and O–H groups in total. The molecule has 146 valence electrons. The van der Waals surface area contributed by atoms with Crippen LogP contribution in [0, 0.1) is 19.7 Å². The van der Waals surface area contributed by atoms with E-state index in [1.165, 1.54) is 17.8 Å². The summed E-state index contributed by atoms with van der Waals surface area (Å²) >= 11 is 1.34. The average molecular weight is 399 g/mol. The van der Waals surface area contributed by atoms with Gasteiger partial charge in [0.2, 0.25) is 5.91 Å². The Labute approximate surface area is 168 Å². The Kier molecular flexibility index (Phi) is 6.46. The van der Waals surface area contributed by atoms with Crippen molar-refractivity contribution in [2.24, 2.45) is 0 Å². The number of amides is 1. The smallest absolute Gasteiger partial charge is 0.230 e. The van der Waals surface area contributed by atoms with Gasteiger partial charge in [0.15, 0.2) is 11.0 Å². The molecule has 3 rings (SSSR count). The zero-order valence-corrected chi connectivity index (χ0v) is 17.0. The van der Waals surface area contributed by atoms with Crippen LogP contribution in [0.5, 0.6) is 0 Å². The molecule has 0 unspecified atom stereocenters. The van der Waals surface area contributed by atoms with Gasteiger partial charge in [-0.1, -0.05) is 47.7 Å². The van der Waals surface area contributed by atoms with Gasteiger partial charge in [0.05, 0.1) is 5.75 Å². The van der Waals surface area contributed by atoms with Crippen molar-refractivity contribution in [3.63, 3.8) is 0 Å². The summed E-state index contributed by atoms with van der Waals surface area (Å²) in [6.07, 6.45) is 0. The van der Waals surface area contributed by atoms with Crippen molar-refractivity contribution >= 4 is 17.7 Å². The summed E-state index contributed by atoms with van der Waals surface area (Å²) < 4.78 is 15.6. The topological polar surface area (TPSA) is 59.8 Å². The number of nitrogens with zero attached hydrogens (tertiary/aromatic N) is 3. The van der Waals surface area contributed by atoms with Crippen LogP contribution in [0.15, 0.2) is 47.6 Å². The SMILES string of the molecule is CCn1c(SCC(=O)NCc2ccc(C)c(F)c2)nnc1-c1cccc(C)c1. The lowest BCUT2D eigenvalue weighted by Crippen LogP contribution is -2.24. The Morgan fingerprint density at radius 1 is 1.18 bits per heavy atom. The van der Waals surface area contributed by atoms with Gasteiger partial charge >= 0.3 is 0 Å². The minimum absolute atomic E-state index is 0.131. The molecule has 1 aromatic heterocycles. The molecule has 0 aliphatic rings. The van der Waals surface area contributed by atoms with Gasteiger partial charge in [-0.05, 0) is 44.0 Å². The lowest BCUT2D eigenvalue weighted by molar-refractivity contribution is -0.118. The molecule has 2 aromatic carbocycles. The number of rotatable bonds is 7. The van der Waals surface area contributed by atoms with Crippen molar-refractivity contribution in [2.45, 2.75) is 39.0 Å². The number of benzene rings is 2. The fraction of sp³-hybridized carbons (Fsp3) is 0.286. The lowest BCUT2D eigenvalue weighted by atomic mass is 10.1. The van der Waals surface area contributed by atoms with E-state index < -0.39 is 0 Å². The van der Waals surface area contributed by atoms with Gasteiger partial charge < -0.3 is 9.88 Å². The fourth-order valence-electron chi connectivity index (χ4n) is 2.81. The van der Waals surface area contributed by atoms with E-state index in [4.69, 9.17) is 0 Å². The number of thioether (sulfide) groups is 1. The summed E-state index contributed by atoms with van der Waals surface area (Å²) in [5.41, 5.74) is 3.49. The molecule has 0 spiro atoms. The highest BCUT2D eigenvalue weighted by atomic mass is 32.2. The summed E-state index contributed by atoms with van der Waals surface area (Å²) in [6, 6.07) is 13.1. The van der Waals surface area contributed by atoms with Crippen LogP contribution in [0.25, 0.3) is 11.4 Å². The van der Waals surface area contributed by atoms with Crippen LogP contribution in [0.3, 0.4) is 0 Å². The lowest BCUT2D eigenvalue weighted by Gasteiger charge is -2.08. The summed E-state index contributed by atoms with van der Waals surface area (Å²) in [7, 11) is 0. The van der Waals surface area contributed by atoms with Crippen LogP contribution in [-0.4, -0.2) is 26.4 Å².